The smallest absolute Gasteiger partial charge is 0.246 e. The molecule has 3 aromatic rings. The number of aryl methyl sites for hydroxylation is 1. The van der Waals surface area contributed by atoms with E-state index >= 15 is 4.39 Å². The molecule has 5 rings (SSSR count). The van der Waals surface area contributed by atoms with Crippen LogP contribution < -0.4 is 15.8 Å². The van der Waals surface area contributed by atoms with Crippen molar-refractivity contribution in [2.75, 3.05) is 30.7 Å². The van der Waals surface area contributed by atoms with Crippen LogP contribution in [0.5, 0.6) is 5.75 Å². The molecule has 1 amide bonds. The molecule has 2 aromatic heterocycles. The van der Waals surface area contributed by atoms with Gasteiger partial charge in [-0.25, -0.2) is 9.37 Å². The third kappa shape index (κ3) is 5.53. The predicted molar refractivity (Wildman–Crippen MR) is 171 cm³/mol. The maximum Gasteiger partial charge on any atom is 0.246 e. The van der Waals surface area contributed by atoms with Gasteiger partial charge in [0.15, 0.2) is 11.6 Å². The number of aromatic nitrogens is 2. The first-order valence-corrected chi connectivity index (χ1v) is 15.0. The van der Waals surface area contributed by atoms with E-state index in [0.29, 0.717) is 30.9 Å². The van der Waals surface area contributed by atoms with Crippen molar-refractivity contribution in [3.63, 3.8) is 0 Å². The molecule has 2 aliphatic heterocycles. The SMILES string of the molecule is C=CC(=O)N1CC(C)N2C(=N)c3c(Nc4c(C)ccnc4C(C)O)nc(-c4c(N)c(Cl)cc(Cl)c4F)c(Cl)c3OCCC2C1. The van der Waals surface area contributed by atoms with Gasteiger partial charge in [-0.05, 0) is 44.5 Å². The number of rotatable bonds is 5. The van der Waals surface area contributed by atoms with Gasteiger partial charge in [0, 0.05) is 31.7 Å². The Kier molecular flexibility index (Phi) is 8.95. The Morgan fingerprint density at radius 1 is 1.32 bits per heavy atom. The monoisotopic (exact) mass is 661 g/mol. The van der Waals surface area contributed by atoms with Crippen molar-refractivity contribution in [2.24, 2.45) is 0 Å². The number of nitrogen functional groups attached to an aromatic ring is 1. The van der Waals surface area contributed by atoms with Gasteiger partial charge in [-0.1, -0.05) is 41.4 Å². The normalized spacial score (nSPS) is 18.9. The lowest BCUT2D eigenvalue weighted by atomic mass is 9.99. The molecule has 0 radical (unpaired) electrons. The van der Waals surface area contributed by atoms with Crippen LogP contribution >= 0.6 is 34.8 Å². The summed E-state index contributed by atoms with van der Waals surface area (Å²) < 4.78 is 21.8. The first kappa shape index (κ1) is 31.8. The minimum atomic E-state index is -0.957. The van der Waals surface area contributed by atoms with E-state index in [0.717, 1.165) is 5.56 Å². The van der Waals surface area contributed by atoms with E-state index in [1.165, 1.54) is 12.1 Å². The van der Waals surface area contributed by atoms with E-state index in [1.54, 1.807) is 24.1 Å². The van der Waals surface area contributed by atoms with Crippen molar-refractivity contribution in [3.05, 3.63) is 68.7 Å². The minimum absolute atomic E-state index is 0.00212. The summed E-state index contributed by atoms with van der Waals surface area (Å²) in [4.78, 5) is 25.2. The summed E-state index contributed by atoms with van der Waals surface area (Å²) in [7, 11) is 0. The maximum atomic E-state index is 15.6. The van der Waals surface area contributed by atoms with Crippen molar-refractivity contribution in [1.82, 2.24) is 19.8 Å². The summed E-state index contributed by atoms with van der Waals surface area (Å²) in [5.74, 6) is -0.886. The van der Waals surface area contributed by atoms with Crippen LogP contribution in [0, 0.1) is 18.2 Å². The van der Waals surface area contributed by atoms with Crippen LogP contribution in [0.1, 0.15) is 43.2 Å². The largest absolute Gasteiger partial charge is 0.491 e. The van der Waals surface area contributed by atoms with Crippen molar-refractivity contribution in [2.45, 2.75) is 45.4 Å². The molecule has 10 nitrogen and oxygen atoms in total. The Morgan fingerprint density at radius 2 is 2.05 bits per heavy atom. The summed E-state index contributed by atoms with van der Waals surface area (Å²) in [5.41, 5.74) is 7.46. The molecule has 0 bridgehead atoms. The Labute approximate surface area is 269 Å². The van der Waals surface area contributed by atoms with Gasteiger partial charge in [0.2, 0.25) is 5.91 Å². The molecule has 14 heteroatoms. The van der Waals surface area contributed by atoms with Crippen LogP contribution in [-0.4, -0.2) is 68.4 Å². The van der Waals surface area contributed by atoms with Gasteiger partial charge in [-0.3, -0.25) is 15.2 Å². The highest BCUT2D eigenvalue weighted by atomic mass is 35.5. The molecule has 44 heavy (non-hydrogen) atoms. The van der Waals surface area contributed by atoms with Crippen molar-refractivity contribution < 1.29 is 19.0 Å². The van der Waals surface area contributed by atoms with Gasteiger partial charge in [-0.15, -0.1) is 0 Å². The van der Waals surface area contributed by atoms with Crippen molar-refractivity contribution in [3.8, 4) is 17.0 Å². The van der Waals surface area contributed by atoms with E-state index in [9.17, 15) is 15.3 Å². The van der Waals surface area contributed by atoms with E-state index in [1.807, 2.05) is 18.7 Å². The van der Waals surface area contributed by atoms with Crippen LogP contribution in [0.25, 0.3) is 11.3 Å². The summed E-state index contributed by atoms with van der Waals surface area (Å²) in [6.07, 6.45) is 2.34. The van der Waals surface area contributed by atoms with Crippen LogP contribution in [-0.2, 0) is 4.79 Å². The number of aliphatic hydroxyl groups excluding tert-OH is 1. The predicted octanol–water partition coefficient (Wildman–Crippen LogP) is 6.13. The lowest BCUT2D eigenvalue weighted by Gasteiger charge is -2.48. The third-order valence-electron chi connectivity index (χ3n) is 7.83. The minimum Gasteiger partial charge on any atom is -0.491 e. The standard InChI is InChI=1S/C30H31Cl3FN7O3/c1-5-19(43)40-11-14(3)41-16(12-40)7-9-44-28-21(29(41)36)30(38-25-13(2)6-8-37-26(25)15(4)42)39-27(22(28)33)20-23(34)17(31)10-18(32)24(20)35/h5-6,8,10,14-16,36,42H,1,7,9,11-12,35H2,2-4H3,(H,38,39). The number of amides is 1. The number of benzene rings is 1. The average molecular weight is 663 g/mol. The van der Waals surface area contributed by atoms with Crippen LogP contribution in [0.15, 0.2) is 31.0 Å². The van der Waals surface area contributed by atoms with Crippen LogP contribution in [0.2, 0.25) is 15.1 Å². The highest BCUT2D eigenvalue weighted by molar-refractivity contribution is 6.39. The second-order valence-electron chi connectivity index (χ2n) is 10.8. The number of nitrogens with zero attached hydrogens (tertiary/aromatic N) is 4. The Hall–Kier alpha value is -3.64. The van der Waals surface area contributed by atoms with Gasteiger partial charge in [0.05, 0.1) is 51.4 Å². The van der Waals surface area contributed by atoms with E-state index in [-0.39, 0.29) is 79.6 Å². The number of nitrogens with two attached hydrogens (primary N) is 1. The highest BCUT2D eigenvalue weighted by Gasteiger charge is 2.40. The van der Waals surface area contributed by atoms with Gasteiger partial charge in [-0.2, -0.15) is 0 Å². The van der Waals surface area contributed by atoms with E-state index in [4.69, 9.17) is 50.3 Å². The van der Waals surface area contributed by atoms with Crippen LogP contribution in [0.4, 0.5) is 21.6 Å². The molecule has 5 N–H and O–H groups in total. The molecule has 4 heterocycles. The Morgan fingerprint density at radius 3 is 2.73 bits per heavy atom. The lowest BCUT2D eigenvalue weighted by Crippen LogP contribution is -2.61. The third-order valence-corrected chi connectivity index (χ3v) is 8.77. The van der Waals surface area contributed by atoms with Crippen molar-refractivity contribution in [1.29, 1.82) is 5.41 Å². The zero-order valence-corrected chi connectivity index (χ0v) is 26.5. The molecular weight excluding hydrogens is 632 g/mol. The van der Waals surface area contributed by atoms with Gasteiger partial charge >= 0.3 is 0 Å². The molecule has 3 atom stereocenters. The lowest BCUT2D eigenvalue weighted by molar-refractivity contribution is -0.129. The maximum absolute atomic E-state index is 15.6. The van der Waals surface area contributed by atoms with Crippen molar-refractivity contribution >= 4 is 63.7 Å². The molecule has 0 aliphatic carbocycles. The Bertz CT molecular complexity index is 1660. The number of nitrogens with one attached hydrogen (secondary N) is 2. The topological polar surface area (TPSA) is 141 Å². The summed E-state index contributed by atoms with van der Waals surface area (Å²) >= 11 is 19.4. The number of carbonyl (C=O) groups excluding carboxylic acids is 1. The number of carbonyl (C=O) groups is 1. The number of hydrogen-bond donors (Lipinski definition) is 4. The van der Waals surface area contributed by atoms with Crippen LogP contribution in [0.3, 0.4) is 0 Å². The quantitative estimate of drug-likeness (QED) is 0.145. The second-order valence-corrected chi connectivity index (χ2v) is 12.0. The molecule has 0 saturated carbocycles. The fraction of sp³-hybridized carbons (Fsp3) is 0.333. The average Bonchev–Trinajstić information content (AvgIpc) is 2.97. The zero-order valence-electron chi connectivity index (χ0n) is 24.2. The number of amidine groups is 1. The first-order chi connectivity index (χ1) is 20.8. The molecule has 0 spiro atoms. The molecule has 1 saturated heterocycles. The number of halogens is 4. The second kappa shape index (κ2) is 12.4. The van der Waals surface area contributed by atoms with E-state index < -0.39 is 11.9 Å². The number of pyridine rings is 2. The number of piperazine rings is 1. The van der Waals surface area contributed by atoms with E-state index in [2.05, 4.69) is 16.9 Å². The molecule has 1 fully saturated rings. The van der Waals surface area contributed by atoms with Gasteiger partial charge in [0.1, 0.15) is 27.9 Å². The van der Waals surface area contributed by atoms with Gasteiger partial charge < -0.3 is 30.7 Å². The molecule has 2 aliphatic rings. The first-order valence-electron chi connectivity index (χ1n) is 13.8. The molecule has 3 unspecified atom stereocenters. The fourth-order valence-electron chi connectivity index (χ4n) is 5.72. The Balaban J connectivity index is 1.76. The summed E-state index contributed by atoms with van der Waals surface area (Å²) in [6, 6.07) is 2.41. The number of anilines is 3. The highest BCUT2D eigenvalue weighted by Crippen LogP contribution is 2.47. The molecule has 1 aromatic carbocycles. The number of fused-ring (bicyclic) bond motifs is 2. The number of ether oxygens (including phenoxy) is 1. The summed E-state index contributed by atoms with van der Waals surface area (Å²) in [6.45, 7) is 9.80. The number of hydrogen-bond acceptors (Lipinski definition) is 8. The number of aliphatic hydroxyl groups is 1. The van der Waals surface area contributed by atoms with Gasteiger partial charge in [0.25, 0.3) is 0 Å². The summed E-state index contributed by atoms with van der Waals surface area (Å²) in [5, 5.41) is 22.9. The molecule has 232 valence electrons. The zero-order chi connectivity index (χ0) is 32.0. The molecular formula is C30H31Cl3FN7O3. The fourth-order valence-corrected chi connectivity index (χ4v) is 6.47.